The zero-order chi connectivity index (χ0) is 13.8. The molecule has 2 heterocycles. The van der Waals surface area contributed by atoms with Crippen LogP contribution in [0.4, 0.5) is 0 Å². The Labute approximate surface area is 119 Å². The van der Waals surface area contributed by atoms with E-state index in [1.807, 2.05) is 12.3 Å². The summed E-state index contributed by atoms with van der Waals surface area (Å²) in [7, 11) is 0. The Kier molecular flexibility index (Phi) is 2.79. The van der Waals surface area contributed by atoms with E-state index in [2.05, 4.69) is 30.7 Å². The van der Waals surface area contributed by atoms with Gasteiger partial charge in [-0.1, -0.05) is 20.8 Å². The van der Waals surface area contributed by atoms with Crippen molar-refractivity contribution in [3.63, 3.8) is 0 Å². The van der Waals surface area contributed by atoms with E-state index < -0.39 is 0 Å². The highest BCUT2D eigenvalue weighted by atomic mass is 32.1. The molecule has 3 rings (SSSR count). The number of fused-ring (bicyclic) bond motifs is 2. The van der Waals surface area contributed by atoms with Crippen LogP contribution in [0.25, 0.3) is 0 Å². The minimum Gasteiger partial charge on any atom is -0.334 e. The maximum absolute atomic E-state index is 12.6. The van der Waals surface area contributed by atoms with E-state index in [1.54, 1.807) is 11.3 Å². The first kappa shape index (κ1) is 13.1. The van der Waals surface area contributed by atoms with Crippen LogP contribution in [0.1, 0.15) is 55.5 Å². The topological polar surface area (TPSA) is 33.2 Å². The molecule has 0 spiro atoms. The molecule has 1 saturated carbocycles. The number of thiazole rings is 1. The van der Waals surface area contributed by atoms with Gasteiger partial charge < -0.3 is 4.90 Å². The second kappa shape index (κ2) is 4.05. The molecule has 2 unspecified atom stereocenters. The fourth-order valence-electron chi connectivity index (χ4n) is 4.31. The first-order valence-electron chi connectivity index (χ1n) is 7.01. The van der Waals surface area contributed by atoms with Gasteiger partial charge in [0.15, 0.2) is 0 Å². The van der Waals surface area contributed by atoms with Gasteiger partial charge in [-0.05, 0) is 37.0 Å². The summed E-state index contributed by atoms with van der Waals surface area (Å²) in [5.74, 6) is 0.135. The maximum atomic E-state index is 12.6. The summed E-state index contributed by atoms with van der Waals surface area (Å²) in [6, 6.07) is 0.406. The van der Waals surface area contributed by atoms with E-state index >= 15 is 0 Å². The molecule has 4 heteroatoms. The van der Waals surface area contributed by atoms with Crippen LogP contribution < -0.4 is 0 Å². The number of hydrogen-bond donors (Lipinski definition) is 0. The van der Waals surface area contributed by atoms with E-state index in [-0.39, 0.29) is 5.91 Å². The van der Waals surface area contributed by atoms with Gasteiger partial charge >= 0.3 is 0 Å². The number of hydrogen-bond acceptors (Lipinski definition) is 3. The van der Waals surface area contributed by atoms with Crippen molar-refractivity contribution in [1.82, 2.24) is 9.88 Å². The standard InChI is InChI=1S/C15H22N2OS/c1-10-16-12(7-19-10)13(18)17-9-15(4)6-11(17)5-14(2,3)8-15/h7,11H,5-6,8-9H2,1-4H3. The number of amides is 1. The van der Waals surface area contributed by atoms with Crippen molar-refractivity contribution < 1.29 is 4.79 Å². The Morgan fingerprint density at radius 2 is 2.16 bits per heavy atom. The summed E-state index contributed by atoms with van der Waals surface area (Å²) in [6.45, 7) is 9.85. The molecule has 2 aliphatic rings. The molecule has 0 aromatic carbocycles. The average Bonchev–Trinajstić information content (AvgIpc) is 2.78. The number of carbonyl (C=O) groups is 1. The fourth-order valence-corrected chi connectivity index (χ4v) is 4.89. The van der Waals surface area contributed by atoms with Gasteiger partial charge in [-0.3, -0.25) is 4.79 Å². The quantitative estimate of drug-likeness (QED) is 0.788. The molecule has 1 aliphatic carbocycles. The molecule has 1 aromatic heterocycles. The molecule has 0 N–H and O–H groups in total. The highest BCUT2D eigenvalue weighted by Crippen LogP contribution is 2.52. The van der Waals surface area contributed by atoms with Gasteiger partial charge in [0.2, 0.25) is 0 Å². The van der Waals surface area contributed by atoms with Crippen LogP contribution >= 0.6 is 11.3 Å². The molecule has 2 fully saturated rings. The zero-order valence-electron chi connectivity index (χ0n) is 12.2. The van der Waals surface area contributed by atoms with Crippen molar-refractivity contribution in [2.24, 2.45) is 10.8 Å². The summed E-state index contributed by atoms with van der Waals surface area (Å²) in [4.78, 5) is 19.1. The maximum Gasteiger partial charge on any atom is 0.273 e. The van der Waals surface area contributed by atoms with E-state index in [0.29, 0.717) is 22.6 Å². The smallest absolute Gasteiger partial charge is 0.273 e. The highest BCUT2D eigenvalue weighted by molar-refractivity contribution is 7.09. The largest absolute Gasteiger partial charge is 0.334 e. The predicted molar refractivity (Wildman–Crippen MR) is 77.4 cm³/mol. The van der Waals surface area contributed by atoms with Crippen molar-refractivity contribution >= 4 is 17.2 Å². The van der Waals surface area contributed by atoms with Crippen molar-refractivity contribution in [3.8, 4) is 0 Å². The molecule has 19 heavy (non-hydrogen) atoms. The van der Waals surface area contributed by atoms with Gasteiger partial charge in [0.05, 0.1) is 5.01 Å². The Bertz CT molecular complexity index is 522. The molecule has 1 amide bonds. The molecule has 3 nitrogen and oxygen atoms in total. The molecule has 2 bridgehead atoms. The third-order valence-corrected chi connectivity index (χ3v) is 5.29. The van der Waals surface area contributed by atoms with Crippen LogP contribution in [0, 0.1) is 17.8 Å². The lowest BCUT2D eigenvalue weighted by atomic mass is 9.65. The normalized spacial score (nSPS) is 32.6. The lowest BCUT2D eigenvalue weighted by Crippen LogP contribution is -2.37. The van der Waals surface area contributed by atoms with Crippen LogP contribution in [0.5, 0.6) is 0 Å². The van der Waals surface area contributed by atoms with Crippen LogP contribution in [0.15, 0.2) is 5.38 Å². The zero-order valence-corrected chi connectivity index (χ0v) is 13.0. The van der Waals surface area contributed by atoms with Gasteiger partial charge in [-0.15, -0.1) is 11.3 Å². The van der Waals surface area contributed by atoms with Crippen molar-refractivity contribution in [1.29, 1.82) is 0 Å². The first-order valence-corrected chi connectivity index (χ1v) is 7.89. The second-order valence-corrected chi connectivity index (χ2v) is 8.46. The molecular formula is C15H22N2OS. The van der Waals surface area contributed by atoms with Crippen molar-refractivity contribution in [2.75, 3.05) is 6.54 Å². The molecule has 2 atom stereocenters. The van der Waals surface area contributed by atoms with Gasteiger partial charge in [0.25, 0.3) is 5.91 Å². The number of rotatable bonds is 1. The Balaban J connectivity index is 1.86. The van der Waals surface area contributed by atoms with E-state index in [1.165, 1.54) is 6.42 Å². The highest BCUT2D eigenvalue weighted by Gasteiger charge is 2.51. The SMILES string of the molecule is Cc1nc(C(=O)N2CC3(C)CC2CC(C)(C)C3)cs1. The number of carbonyl (C=O) groups excluding carboxylic acids is 1. The van der Waals surface area contributed by atoms with E-state index in [0.717, 1.165) is 24.4 Å². The molecule has 1 saturated heterocycles. The third kappa shape index (κ3) is 2.31. The number of likely N-dealkylation sites (tertiary alicyclic amines) is 1. The van der Waals surface area contributed by atoms with E-state index in [9.17, 15) is 4.79 Å². The van der Waals surface area contributed by atoms with Gasteiger partial charge in [0, 0.05) is 18.0 Å². The van der Waals surface area contributed by atoms with Crippen LogP contribution in [-0.2, 0) is 0 Å². The molecule has 104 valence electrons. The molecule has 0 radical (unpaired) electrons. The summed E-state index contributed by atoms with van der Waals surface area (Å²) in [6.07, 6.45) is 3.50. The Hall–Kier alpha value is -0.900. The molecule has 1 aliphatic heterocycles. The van der Waals surface area contributed by atoms with Crippen LogP contribution in [-0.4, -0.2) is 28.4 Å². The third-order valence-electron chi connectivity index (χ3n) is 4.51. The van der Waals surface area contributed by atoms with Crippen LogP contribution in [0.3, 0.4) is 0 Å². The monoisotopic (exact) mass is 278 g/mol. The second-order valence-electron chi connectivity index (χ2n) is 7.40. The van der Waals surface area contributed by atoms with E-state index in [4.69, 9.17) is 0 Å². The Morgan fingerprint density at radius 3 is 2.79 bits per heavy atom. The summed E-state index contributed by atoms with van der Waals surface area (Å²) >= 11 is 1.56. The van der Waals surface area contributed by atoms with Crippen molar-refractivity contribution in [3.05, 3.63) is 16.1 Å². The lowest BCUT2D eigenvalue weighted by molar-refractivity contribution is 0.0703. The van der Waals surface area contributed by atoms with Crippen LogP contribution in [0.2, 0.25) is 0 Å². The summed E-state index contributed by atoms with van der Waals surface area (Å²) in [5.41, 5.74) is 1.29. The number of aryl methyl sites for hydroxylation is 1. The van der Waals surface area contributed by atoms with Crippen molar-refractivity contribution in [2.45, 2.75) is 53.0 Å². The molecule has 1 aromatic rings. The number of aromatic nitrogens is 1. The summed E-state index contributed by atoms with van der Waals surface area (Å²) < 4.78 is 0. The average molecular weight is 278 g/mol. The minimum absolute atomic E-state index is 0.135. The lowest BCUT2D eigenvalue weighted by Gasteiger charge is -2.39. The predicted octanol–water partition coefficient (Wildman–Crippen LogP) is 3.49. The molecular weight excluding hydrogens is 256 g/mol. The Morgan fingerprint density at radius 1 is 1.42 bits per heavy atom. The summed E-state index contributed by atoms with van der Waals surface area (Å²) in [5, 5.41) is 2.87. The van der Waals surface area contributed by atoms with Gasteiger partial charge in [0.1, 0.15) is 5.69 Å². The number of nitrogens with zero attached hydrogens (tertiary/aromatic N) is 2. The fraction of sp³-hybridized carbons (Fsp3) is 0.733. The minimum atomic E-state index is 0.135. The van der Waals surface area contributed by atoms with Gasteiger partial charge in [-0.25, -0.2) is 4.98 Å². The first-order chi connectivity index (χ1) is 8.78. The van der Waals surface area contributed by atoms with Gasteiger partial charge in [-0.2, -0.15) is 0 Å².